The van der Waals surface area contributed by atoms with Gasteiger partial charge >= 0.3 is 0 Å². The minimum absolute atomic E-state index is 0.169. The Hall–Kier alpha value is -2.22. The third kappa shape index (κ3) is 3.21. The van der Waals surface area contributed by atoms with E-state index in [1.54, 1.807) is 6.26 Å². The first-order valence-corrected chi connectivity index (χ1v) is 6.98. The fourth-order valence-corrected chi connectivity index (χ4v) is 2.37. The SMILES string of the molecule is C(/OCc1ccccc1)=C1/CCC(c2ccccc2)O1. The Kier molecular flexibility index (Phi) is 4.02. The molecule has 1 saturated heterocycles. The third-order valence-electron chi connectivity index (χ3n) is 3.43. The number of hydrogen-bond acceptors (Lipinski definition) is 2. The molecule has 0 aliphatic carbocycles. The molecule has 1 unspecified atom stereocenters. The van der Waals surface area contributed by atoms with E-state index in [4.69, 9.17) is 9.47 Å². The minimum Gasteiger partial charge on any atom is -0.493 e. The van der Waals surface area contributed by atoms with Gasteiger partial charge in [0.15, 0.2) is 0 Å². The predicted octanol–water partition coefficient (Wildman–Crippen LogP) is 4.60. The maximum atomic E-state index is 5.92. The van der Waals surface area contributed by atoms with E-state index in [1.165, 1.54) is 11.1 Å². The van der Waals surface area contributed by atoms with E-state index < -0.39 is 0 Å². The Morgan fingerprint density at radius 1 is 1.00 bits per heavy atom. The van der Waals surface area contributed by atoms with Gasteiger partial charge in [0.05, 0.1) is 0 Å². The summed E-state index contributed by atoms with van der Waals surface area (Å²) in [5.41, 5.74) is 2.40. The maximum Gasteiger partial charge on any atom is 0.131 e. The zero-order valence-electron chi connectivity index (χ0n) is 11.4. The van der Waals surface area contributed by atoms with Crippen molar-refractivity contribution in [3.63, 3.8) is 0 Å². The minimum atomic E-state index is 0.169. The summed E-state index contributed by atoms with van der Waals surface area (Å²) in [5, 5.41) is 0. The molecule has 0 saturated carbocycles. The molecule has 102 valence electrons. The van der Waals surface area contributed by atoms with Crippen molar-refractivity contribution in [2.45, 2.75) is 25.6 Å². The van der Waals surface area contributed by atoms with Crippen LogP contribution in [0.3, 0.4) is 0 Å². The molecule has 2 nitrogen and oxygen atoms in total. The van der Waals surface area contributed by atoms with Crippen LogP contribution in [0.4, 0.5) is 0 Å². The average molecular weight is 266 g/mol. The molecule has 1 aliphatic rings. The van der Waals surface area contributed by atoms with Crippen LogP contribution in [-0.4, -0.2) is 0 Å². The summed E-state index contributed by atoms with van der Waals surface area (Å²) in [5.74, 6) is 0.940. The first-order chi connectivity index (χ1) is 9.92. The first-order valence-electron chi connectivity index (χ1n) is 6.98. The summed E-state index contributed by atoms with van der Waals surface area (Å²) in [6.07, 6.45) is 3.89. The standard InChI is InChI=1S/C18H18O2/c1-3-7-15(8-4-1)13-19-14-17-11-12-18(20-17)16-9-5-2-6-10-16/h1-10,14,18H,11-13H2/b17-14+. The summed E-state index contributed by atoms with van der Waals surface area (Å²) >= 11 is 0. The van der Waals surface area contributed by atoms with Crippen molar-refractivity contribution in [3.05, 3.63) is 83.8 Å². The van der Waals surface area contributed by atoms with Crippen molar-refractivity contribution >= 4 is 0 Å². The molecule has 1 fully saturated rings. The van der Waals surface area contributed by atoms with Gasteiger partial charge in [0, 0.05) is 6.42 Å². The summed E-state index contributed by atoms with van der Waals surface area (Å²) in [6.45, 7) is 0.587. The Morgan fingerprint density at radius 3 is 2.45 bits per heavy atom. The monoisotopic (exact) mass is 266 g/mol. The molecule has 1 aliphatic heterocycles. The number of ether oxygens (including phenoxy) is 2. The molecule has 0 bridgehead atoms. The number of rotatable bonds is 4. The van der Waals surface area contributed by atoms with Gasteiger partial charge in [0.2, 0.25) is 0 Å². The Labute approximate surface area is 119 Å². The summed E-state index contributed by atoms with van der Waals surface area (Å²) in [6, 6.07) is 20.5. The zero-order valence-corrected chi connectivity index (χ0v) is 11.4. The Morgan fingerprint density at radius 2 is 1.70 bits per heavy atom. The second kappa shape index (κ2) is 6.29. The molecule has 20 heavy (non-hydrogen) atoms. The van der Waals surface area contributed by atoms with Crippen LogP contribution < -0.4 is 0 Å². The van der Waals surface area contributed by atoms with Crippen LogP contribution in [0.2, 0.25) is 0 Å². The number of hydrogen-bond donors (Lipinski definition) is 0. The topological polar surface area (TPSA) is 18.5 Å². The van der Waals surface area contributed by atoms with Crippen LogP contribution in [0, 0.1) is 0 Å². The van der Waals surface area contributed by atoms with Crippen molar-refractivity contribution in [1.29, 1.82) is 0 Å². The lowest BCUT2D eigenvalue weighted by Crippen LogP contribution is -1.94. The van der Waals surface area contributed by atoms with Gasteiger partial charge in [-0.2, -0.15) is 0 Å². The van der Waals surface area contributed by atoms with Gasteiger partial charge in [-0.1, -0.05) is 60.7 Å². The molecule has 0 aromatic heterocycles. The molecule has 1 atom stereocenters. The van der Waals surface area contributed by atoms with Gasteiger partial charge in [-0.05, 0) is 17.5 Å². The molecule has 0 spiro atoms. The molecule has 0 amide bonds. The molecule has 0 N–H and O–H groups in total. The number of benzene rings is 2. The van der Waals surface area contributed by atoms with E-state index in [2.05, 4.69) is 24.3 Å². The highest BCUT2D eigenvalue weighted by Crippen LogP contribution is 2.34. The van der Waals surface area contributed by atoms with Crippen LogP contribution >= 0.6 is 0 Å². The lowest BCUT2D eigenvalue weighted by molar-refractivity contribution is 0.142. The fraction of sp³-hybridized carbons (Fsp3) is 0.222. The molecular formula is C18H18O2. The third-order valence-corrected chi connectivity index (χ3v) is 3.43. The second-order valence-electron chi connectivity index (χ2n) is 4.94. The molecule has 0 radical (unpaired) electrons. The van der Waals surface area contributed by atoms with E-state index in [0.717, 1.165) is 18.6 Å². The lowest BCUT2D eigenvalue weighted by atomic mass is 10.1. The normalized spacial score (nSPS) is 19.8. The summed E-state index contributed by atoms with van der Waals surface area (Å²) in [4.78, 5) is 0. The smallest absolute Gasteiger partial charge is 0.131 e. The molecule has 1 heterocycles. The highest BCUT2D eigenvalue weighted by Gasteiger charge is 2.22. The highest BCUT2D eigenvalue weighted by molar-refractivity contribution is 5.20. The van der Waals surface area contributed by atoms with Crippen LogP contribution in [0.25, 0.3) is 0 Å². The van der Waals surface area contributed by atoms with Crippen LogP contribution in [0.1, 0.15) is 30.1 Å². The van der Waals surface area contributed by atoms with Gasteiger partial charge in [0.25, 0.3) is 0 Å². The summed E-state index contributed by atoms with van der Waals surface area (Å²) < 4.78 is 11.5. The molecule has 2 aromatic carbocycles. The van der Waals surface area contributed by atoms with Gasteiger partial charge in [0.1, 0.15) is 24.7 Å². The van der Waals surface area contributed by atoms with E-state index in [9.17, 15) is 0 Å². The van der Waals surface area contributed by atoms with E-state index in [1.807, 2.05) is 36.4 Å². The molecule has 2 heteroatoms. The van der Waals surface area contributed by atoms with Crippen molar-refractivity contribution in [1.82, 2.24) is 0 Å². The van der Waals surface area contributed by atoms with E-state index in [0.29, 0.717) is 6.61 Å². The average Bonchev–Trinajstić information content (AvgIpc) is 2.98. The predicted molar refractivity (Wildman–Crippen MR) is 78.8 cm³/mol. The Balaban J connectivity index is 1.53. The first kappa shape index (κ1) is 12.8. The van der Waals surface area contributed by atoms with E-state index >= 15 is 0 Å². The van der Waals surface area contributed by atoms with E-state index in [-0.39, 0.29) is 6.10 Å². The van der Waals surface area contributed by atoms with Gasteiger partial charge in [-0.3, -0.25) is 0 Å². The molecule has 3 rings (SSSR count). The Bertz CT molecular complexity index is 560. The van der Waals surface area contributed by atoms with Crippen molar-refractivity contribution in [3.8, 4) is 0 Å². The van der Waals surface area contributed by atoms with Gasteiger partial charge in [-0.25, -0.2) is 0 Å². The van der Waals surface area contributed by atoms with Crippen LogP contribution in [0.15, 0.2) is 72.7 Å². The van der Waals surface area contributed by atoms with Gasteiger partial charge in [-0.15, -0.1) is 0 Å². The van der Waals surface area contributed by atoms with Crippen LogP contribution in [0.5, 0.6) is 0 Å². The van der Waals surface area contributed by atoms with Gasteiger partial charge < -0.3 is 9.47 Å². The molecule has 2 aromatic rings. The van der Waals surface area contributed by atoms with Crippen molar-refractivity contribution in [2.24, 2.45) is 0 Å². The van der Waals surface area contributed by atoms with Crippen molar-refractivity contribution < 1.29 is 9.47 Å². The van der Waals surface area contributed by atoms with Crippen LogP contribution in [-0.2, 0) is 16.1 Å². The fourth-order valence-electron chi connectivity index (χ4n) is 2.37. The highest BCUT2D eigenvalue weighted by atomic mass is 16.5. The largest absolute Gasteiger partial charge is 0.493 e. The zero-order chi connectivity index (χ0) is 13.6. The maximum absolute atomic E-state index is 5.92. The summed E-state index contributed by atoms with van der Waals surface area (Å²) in [7, 11) is 0. The quantitative estimate of drug-likeness (QED) is 0.753. The molecular weight excluding hydrogens is 248 g/mol. The lowest BCUT2D eigenvalue weighted by Gasteiger charge is -2.10. The second-order valence-corrected chi connectivity index (χ2v) is 4.94. The van der Waals surface area contributed by atoms with Crippen molar-refractivity contribution in [2.75, 3.05) is 0 Å². The number of allylic oxidation sites excluding steroid dienone is 1.